The molecule has 0 spiro atoms. The van der Waals surface area contributed by atoms with Crippen molar-refractivity contribution < 1.29 is 0 Å². The molecule has 4 nitrogen and oxygen atoms in total. The zero-order valence-electron chi connectivity index (χ0n) is 12.9. The van der Waals surface area contributed by atoms with E-state index in [1.54, 1.807) is 0 Å². The molecule has 1 aliphatic heterocycles. The van der Waals surface area contributed by atoms with E-state index in [0.717, 1.165) is 36.1 Å². The normalized spacial score (nSPS) is 19.3. The zero-order valence-corrected chi connectivity index (χ0v) is 13.7. The average molecular weight is 327 g/mol. The van der Waals surface area contributed by atoms with Gasteiger partial charge in [0.05, 0.1) is 0 Å². The SMILES string of the molecule is Clc1cccc(CN2CCCC(c3nnc4ccccn34)C2)c1. The van der Waals surface area contributed by atoms with Gasteiger partial charge in [0, 0.05) is 30.2 Å². The van der Waals surface area contributed by atoms with Gasteiger partial charge in [-0.3, -0.25) is 9.30 Å². The number of aromatic nitrogens is 3. The summed E-state index contributed by atoms with van der Waals surface area (Å²) in [6.45, 7) is 3.08. The van der Waals surface area contributed by atoms with E-state index in [1.807, 2.05) is 30.3 Å². The van der Waals surface area contributed by atoms with Crippen LogP contribution >= 0.6 is 11.6 Å². The molecule has 0 saturated carbocycles. The lowest BCUT2D eigenvalue weighted by molar-refractivity contribution is 0.196. The summed E-state index contributed by atoms with van der Waals surface area (Å²) >= 11 is 6.10. The van der Waals surface area contributed by atoms with Crippen LogP contribution in [0.3, 0.4) is 0 Å². The molecule has 0 radical (unpaired) electrons. The molecule has 0 bridgehead atoms. The second-order valence-corrected chi connectivity index (χ2v) is 6.63. The summed E-state index contributed by atoms with van der Waals surface area (Å²) in [6.07, 6.45) is 4.41. The van der Waals surface area contributed by atoms with Crippen LogP contribution in [0.15, 0.2) is 48.7 Å². The van der Waals surface area contributed by atoms with Gasteiger partial charge < -0.3 is 0 Å². The summed E-state index contributed by atoms with van der Waals surface area (Å²) in [7, 11) is 0. The van der Waals surface area contributed by atoms with E-state index in [-0.39, 0.29) is 0 Å². The van der Waals surface area contributed by atoms with Gasteiger partial charge in [-0.1, -0.05) is 29.8 Å². The van der Waals surface area contributed by atoms with Crippen molar-refractivity contribution in [3.05, 3.63) is 65.1 Å². The van der Waals surface area contributed by atoms with E-state index in [9.17, 15) is 0 Å². The van der Waals surface area contributed by atoms with Crippen LogP contribution in [0, 0.1) is 0 Å². The van der Waals surface area contributed by atoms with Gasteiger partial charge in [0.2, 0.25) is 0 Å². The minimum Gasteiger partial charge on any atom is -0.298 e. The Morgan fingerprint density at radius 3 is 3.00 bits per heavy atom. The lowest BCUT2D eigenvalue weighted by Gasteiger charge is -2.32. The molecule has 0 N–H and O–H groups in total. The predicted molar refractivity (Wildman–Crippen MR) is 91.7 cm³/mol. The Hall–Kier alpha value is -1.91. The Morgan fingerprint density at radius 1 is 1.13 bits per heavy atom. The summed E-state index contributed by atoms with van der Waals surface area (Å²) in [6, 6.07) is 14.2. The molecule has 23 heavy (non-hydrogen) atoms. The number of nitrogens with zero attached hydrogens (tertiary/aromatic N) is 4. The second-order valence-electron chi connectivity index (χ2n) is 6.19. The quantitative estimate of drug-likeness (QED) is 0.734. The number of benzene rings is 1. The summed E-state index contributed by atoms with van der Waals surface area (Å²) < 4.78 is 2.12. The number of hydrogen-bond donors (Lipinski definition) is 0. The monoisotopic (exact) mass is 326 g/mol. The van der Waals surface area contributed by atoms with Crippen LogP contribution in [0.2, 0.25) is 5.02 Å². The lowest BCUT2D eigenvalue weighted by atomic mass is 9.96. The third kappa shape index (κ3) is 3.09. The molecular weight excluding hydrogens is 308 g/mol. The number of fused-ring (bicyclic) bond motifs is 1. The van der Waals surface area contributed by atoms with Gasteiger partial charge in [-0.05, 0) is 49.2 Å². The first kappa shape index (κ1) is 14.7. The smallest absolute Gasteiger partial charge is 0.160 e. The van der Waals surface area contributed by atoms with E-state index in [0.29, 0.717) is 5.92 Å². The molecule has 118 valence electrons. The van der Waals surface area contributed by atoms with E-state index in [1.165, 1.54) is 18.4 Å². The maximum absolute atomic E-state index is 6.10. The van der Waals surface area contributed by atoms with Gasteiger partial charge in [-0.25, -0.2) is 0 Å². The number of rotatable bonds is 3. The van der Waals surface area contributed by atoms with Crippen molar-refractivity contribution in [1.82, 2.24) is 19.5 Å². The van der Waals surface area contributed by atoms with Gasteiger partial charge in [-0.15, -0.1) is 10.2 Å². The Morgan fingerprint density at radius 2 is 2.09 bits per heavy atom. The van der Waals surface area contributed by atoms with E-state index >= 15 is 0 Å². The van der Waals surface area contributed by atoms with Crippen molar-refractivity contribution in [3.63, 3.8) is 0 Å². The highest BCUT2D eigenvalue weighted by atomic mass is 35.5. The van der Waals surface area contributed by atoms with Crippen LogP contribution in [-0.2, 0) is 6.54 Å². The molecule has 1 fully saturated rings. The van der Waals surface area contributed by atoms with Gasteiger partial charge in [-0.2, -0.15) is 0 Å². The summed E-state index contributed by atoms with van der Waals surface area (Å²) in [5.41, 5.74) is 2.19. The van der Waals surface area contributed by atoms with Gasteiger partial charge >= 0.3 is 0 Å². The first-order chi connectivity index (χ1) is 11.3. The standard InChI is InChI=1S/C18H19ClN4/c19-16-7-3-5-14(11-16)12-22-9-4-6-15(13-22)18-21-20-17-8-1-2-10-23(17)18/h1-3,5,7-8,10-11,15H,4,6,9,12-13H2. The topological polar surface area (TPSA) is 33.4 Å². The minimum absolute atomic E-state index is 0.431. The Labute approximate surface area is 140 Å². The number of piperidine rings is 1. The number of likely N-dealkylation sites (tertiary alicyclic amines) is 1. The van der Waals surface area contributed by atoms with Crippen molar-refractivity contribution in [2.75, 3.05) is 13.1 Å². The molecule has 1 atom stereocenters. The van der Waals surface area contributed by atoms with Crippen LogP contribution in [0.4, 0.5) is 0 Å². The molecule has 0 amide bonds. The van der Waals surface area contributed by atoms with E-state index < -0.39 is 0 Å². The highest BCUT2D eigenvalue weighted by molar-refractivity contribution is 6.30. The number of halogens is 1. The third-order valence-electron chi connectivity index (χ3n) is 4.51. The van der Waals surface area contributed by atoms with Crippen molar-refractivity contribution in [2.45, 2.75) is 25.3 Å². The van der Waals surface area contributed by atoms with Gasteiger partial charge in [0.15, 0.2) is 5.65 Å². The molecule has 1 aliphatic rings. The van der Waals surface area contributed by atoms with Crippen LogP contribution in [-0.4, -0.2) is 32.6 Å². The maximum Gasteiger partial charge on any atom is 0.160 e. The average Bonchev–Trinajstić information content (AvgIpc) is 2.99. The summed E-state index contributed by atoms with van der Waals surface area (Å²) in [4.78, 5) is 2.49. The largest absolute Gasteiger partial charge is 0.298 e. The number of hydrogen-bond acceptors (Lipinski definition) is 3. The Balaban J connectivity index is 1.53. The van der Waals surface area contributed by atoms with Crippen molar-refractivity contribution in [3.8, 4) is 0 Å². The molecule has 0 aliphatic carbocycles. The molecule has 1 saturated heterocycles. The first-order valence-corrected chi connectivity index (χ1v) is 8.44. The molecule has 1 unspecified atom stereocenters. The fraction of sp³-hybridized carbons (Fsp3) is 0.333. The lowest BCUT2D eigenvalue weighted by Crippen LogP contribution is -2.34. The fourth-order valence-electron chi connectivity index (χ4n) is 3.44. The van der Waals surface area contributed by atoms with Crippen LogP contribution in [0.5, 0.6) is 0 Å². The highest BCUT2D eigenvalue weighted by Gasteiger charge is 2.25. The van der Waals surface area contributed by atoms with E-state index in [2.05, 4.69) is 37.8 Å². The third-order valence-corrected chi connectivity index (χ3v) is 4.74. The predicted octanol–water partition coefficient (Wildman–Crippen LogP) is 3.76. The number of pyridine rings is 1. The van der Waals surface area contributed by atoms with Crippen molar-refractivity contribution in [1.29, 1.82) is 0 Å². The first-order valence-electron chi connectivity index (χ1n) is 8.06. The molecule has 4 rings (SSSR count). The second kappa shape index (κ2) is 6.30. The van der Waals surface area contributed by atoms with Crippen molar-refractivity contribution >= 4 is 17.2 Å². The van der Waals surface area contributed by atoms with Crippen LogP contribution in [0.25, 0.3) is 5.65 Å². The van der Waals surface area contributed by atoms with Gasteiger partial charge in [0.1, 0.15) is 5.82 Å². The molecule has 5 heteroatoms. The molecule has 1 aromatic carbocycles. The summed E-state index contributed by atoms with van der Waals surface area (Å²) in [5.74, 6) is 1.51. The molecule has 3 aromatic rings. The Kier molecular flexibility index (Phi) is 4.02. The molecular formula is C18H19ClN4. The highest BCUT2D eigenvalue weighted by Crippen LogP contribution is 2.27. The minimum atomic E-state index is 0.431. The van der Waals surface area contributed by atoms with Crippen molar-refractivity contribution in [2.24, 2.45) is 0 Å². The van der Waals surface area contributed by atoms with Crippen LogP contribution < -0.4 is 0 Å². The van der Waals surface area contributed by atoms with E-state index in [4.69, 9.17) is 11.6 Å². The fourth-order valence-corrected chi connectivity index (χ4v) is 3.65. The zero-order chi connectivity index (χ0) is 15.6. The summed E-state index contributed by atoms with van der Waals surface area (Å²) in [5, 5.41) is 9.54. The van der Waals surface area contributed by atoms with Gasteiger partial charge in [0.25, 0.3) is 0 Å². The maximum atomic E-state index is 6.10. The molecule has 3 heterocycles. The van der Waals surface area contributed by atoms with Crippen LogP contribution in [0.1, 0.15) is 30.1 Å². The molecule has 2 aromatic heterocycles. The Bertz CT molecular complexity index is 813.